The van der Waals surface area contributed by atoms with Crippen molar-refractivity contribution in [1.29, 1.82) is 0 Å². The predicted molar refractivity (Wildman–Crippen MR) is 34.2 cm³/mol. The third-order valence-electron chi connectivity index (χ3n) is 1.49. The lowest BCUT2D eigenvalue weighted by Gasteiger charge is -2.04. The molecule has 1 aliphatic rings. The van der Waals surface area contributed by atoms with E-state index >= 15 is 0 Å². The molecule has 1 rings (SSSR count). The molecule has 45 valence electrons. The summed E-state index contributed by atoms with van der Waals surface area (Å²) in [5, 5.41) is 0. The Bertz CT molecular complexity index is 59.5. The van der Waals surface area contributed by atoms with E-state index in [-0.39, 0.29) is 0 Å². The summed E-state index contributed by atoms with van der Waals surface area (Å²) in [5.41, 5.74) is 0. The average Bonchev–Trinajstić information content (AvgIpc) is 2.19. The van der Waals surface area contributed by atoms with Crippen molar-refractivity contribution in [2.45, 2.75) is 31.4 Å². The van der Waals surface area contributed by atoms with Crippen LogP contribution in [0, 0.1) is 0 Å². The van der Waals surface area contributed by atoms with Crippen LogP contribution in [0.3, 0.4) is 0 Å². The fourth-order valence-corrected chi connectivity index (χ4v) is 1.35. The van der Waals surface area contributed by atoms with Gasteiger partial charge < -0.3 is 4.74 Å². The number of hydrogen-bond acceptors (Lipinski definition) is 1. The maximum absolute atomic E-state index is 5.36. The van der Waals surface area contributed by atoms with Gasteiger partial charge in [-0.1, -0.05) is 6.04 Å². The van der Waals surface area contributed by atoms with Gasteiger partial charge >= 0.3 is 0 Å². The lowest BCUT2D eigenvalue weighted by atomic mass is 10.2. The van der Waals surface area contributed by atoms with Gasteiger partial charge in [0, 0.05) is 16.8 Å². The van der Waals surface area contributed by atoms with E-state index in [1.165, 1.54) is 19.3 Å². The second-order valence-corrected chi connectivity index (χ2v) is 2.67. The second-order valence-electron chi connectivity index (χ2n) is 2.17. The number of ether oxygens (including phenoxy) is 1. The quantitative estimate of drug-likeness (QED) is 0.505. The van der Waals surface area contributed by atoms with E-state index in [1.54, 1.807) is 0 Å². The van der Waals surface area contributed by atoms with Crippen molar-refractivity contribution in [1.82, 2.24) is 0 Å². The molecule has 0 N–H and O–H groups in total. The van der Waals surface area contributed by atoms with E-state index in [9.17, 15) is 0 Å². The number of hydrogen-bond donors (Lipinski definition) is 0. The van der Waals surface area contributed by atoms with Crippen molar-refractivity contribution in [3.8, 4) is 0 Å². The Morgan fingerprint density at radius 1 is 1.62 bits per heavy atom. The molecule has 1 heterocycles. The minimum Gasteiger partial charge on any atom is -0.378 e. The Kier molecular flexibility index (Phi) is 2.56. The largest absolute Gasteiger partial charge is 0.378 e. The fourth-order valence-electron chi connectivity index (χ4n) is 1.03. The molecule has 1 saturated heterocycles. The Hall–Kier alpha value is 0.177. The van der Waals surface area contributed by atoms with E-state index in [4.69, 9.17) is 4.74 Å². The van der Waals surface area contributed by atoms with Gasteiger partial charge in [0.25, 0.3) is 0 Å². The minimum absolute atomic E-state index is 0.562. The van der Waals surface area contributed by atoms with Crippen LogP contribution >= 0.6 is 0 Å². The van der Waals surface area contributed by atoms with Crippen molar-refractivity contribution in [3.05, 3.63) is 0 Å². The Labute approximate surface area is 53.8 Å². The Morgan fingerprint density at radius 3 is 3.00 bits per heavy atom. The maximum atomic E-state index is 5.36. The summed E-state index contributed by atoms with van der Waals surface area (Å²) >= 11 is 0. The van der Waals surface area contributed by atoms with Crippen LogP contribution in [-0.2, 0) is 4.74 Å². The van der Waals surface area contributed by atoms with Gasteiger partial charge in [-0.25, -0.2) is 0 Å². The molecule has 1 nitrogen and oxygen atoms in total. The van der Waals surface area contributed by atoms with Crippen LogP contribution in [0.25, 0.3) is 0 Å². The van der Waals surface area contributed by atoms with Gasteiger partial charge in [0.05, 0.1) is 6.10 Å². The zero-order valence-corrected chi connectivity index (χ0v) is 6.02. The summed E-state index contributed by atoms with van der Waals surface area (Å²) in [4.78, 5) is 0. The molecule has 1 aliphatic heterocycles. The van der Waals surface area contributed by atoms with Crippen molar-refractivity contribution in [3.63, 3.8) is 0 Å². The fraction of sp³-hybridized carbons (Fsp3) is 1.00. The van der Waals surface area contributed by atoms with Crippen LogP contribution in [-0.4, -0.2) is 23.0 Å². The highest BCUT2D eigenvalue weighted by Crippen LogP contribution is 2.15. The molecule has 0 aliphatic carbocycles. The SMILES string of the molecule is [Si]CCC1CCCO1. The lowest BCUT2D eigenvalue weighted by molar-refractivity contribution is 0.108. The third-order valence-corrected chi connectivity index (χ3v) is 1.78. The Morgan fingerprint density at radius 2 is 2.50 bits per heavy atom. The summed E-state index contributed by atoms with van der Waals surface area (Å²) < 4.78 is 5.36. The van der Waals surface area contributed by atoms with E-state index in [2.05, 4.69) is 10.2 Å². The first kappa shape index (κ1) is 6.30. The summed E-state index contributed by atoms with van der Waals surface area (Å²) in [6.45, 7) is 0.983. The van der Waals surface area contributed by atoms with E-state index in [0.717, 1.165) is 12.7 Å². The first-order valence-corrected chi connectivity index (χ1v) is 3.90. The first-order valence-electron chi connectivity index (χ1n) is 3.19. The number of rotatable bonds is 2. The molecular weight excluding hydrogens is 116 g/mol. The zero-order chi connectivity index (χ0) is 5.82. The highest BCUT2D eigenvalue weighted by Gasteiger charge is 2.12. The summed E-state index contributed by atoms with van der Waals surface area (Å²) in [5.74, 6) is 0. The molecule has 0 saturated carbocycles. The van der Waals surface area contributed by atoms with Crippen LogP contribution in [0.1, 0.15) is 19.3 Å². The van der Waals surface area contributed by atoms with Crippen molar-refractivity contribution < 1.29 is 4.74 Å². The normalized spacial score (nSPS) is 28.9. The van der Waals surface area contributed by atoms with Crippen LogP contribution in [0.5, 0.6) is 0 Å². The van der Waals surface area contributed by atoms with Crippen molar-refractivity contribution in [2.75, 3.05) is 6.61 Å². The highest BCUT2D eigenvalue weighted by molar-refractivity contribution is 6.08. The molecule has 0 spiro atoms. The average molecular weight is 127 g/mol. The van der Waals surface area contributed by atoms with E-state index in [1.807, 2.05) is 0 Å². The lowest BCUT2D eigenvalue weighted by Crippen LogP contribution is -2.02. The van der Waals surface area contributed by atoms with E-state index in [0.29, 0.717) is 6.10 Å². The van der Waals surface area contributed by atoms with Crippen LogP contribution in [0.2, 0.25) is 6.04 Å². The van der Waals surface area contributed by atoms with Gasteiger partial charge in [0.1, 0.15) is 0 Å². The topological polar surface area (TPSA) is 9.23 Å². The third kappa shape index (κ3) is 1.60. The van der Waals surface area contributed by atoms with Gasteiger partial charge in [0.15, 0.2) is 0 Å². The van der Waals surface area contributed by atoms with Crippen LogP contribution in [0.15, 0.2) is 0 Å². The molecule has 1 atom stereocenters. The van der Waals surface area contributed by atoms with E-state index < -0.39 is 0 Å². The molecular formula is C6H11OSi. The molecule has 0 bridgehead atoms. The van der Waals surface area contributed by atoms with Gasteiger partial charge in [-0.2, -0.15) is 0 Å². The summed E-state index contributed by atoms with van der Waals surface area (Å²) in [6.07, 6.45) is 4.27. The van der Waals surface area contributed by atoms with Gasteiger partial charge in [-0.05, 0) is 19.3 Å². The maximum Gasteiger partial charge on any atom is 0.0573 e. The molecule has 1 fully saturated rings. The predicted octanol–water partition coefficient (Wildman–Crippen LogP) is 1.14. The van der Waals surface area contributed by atoms with Crippen molar-refractivity contribution in [2.24, 2.45) is 0 Å². The van der Waals surface area contributed by atoms with Gasteiger partial charge in [-0.15, -0.1) is 0 Å². The standard InChI is InChI=1S/C6H11OSi/c8-5-3-6-2-1-4-7-6/h6H,1-5H2. The molecule has 8 heavy (non-hydrogen) atoms. The summed E-state index contributed by atoms with van der Waals surface area (Å²) in [7, 11) is 3.42. The summed E-state index contributed by atoms with van der Waals surface area (Å²) in [6, 6.07) is 1.07. The molecule has 3 radical (unpaired) electrons. The minimum atomic E-state index is 0.562. The Balaban J connectivity index is 2.06. The molecule has 0 aromatic carbocycles. The molecule has 0 amide bonds. The zero-order valence-electron chi connectivity index (χ0n) is 5.02. The molecule has 0 aromatic heterocycles. The molecule has 1 unspecified atom stereocenters. The smallest absolute Gasteiger partial charge is 0.0573 e. The van der Waals surface area contributed by atoms with Crippen LogP contribution in [0.4, 0.5) is 0 Å². The van der Waals surface area contributed by atoms with Crippen molar-refractivity contribution >= 4 is 10.2 Å². The molecule has 0 aromatic rings. The van der Waals surface area contributed by atoms with Crippen LogP contribution < -0.4 is 0 Å². The highest BCUT2D eigenvalue weighted by atomic mass is 28.1. The second kappa shape index (κ2) is 3.25. The first-order chi connectivity index (χ1) is 3.93. The van der Waals surface area contributed by atoms with Gasteiger partial charge in [0.2, 0.25) is 0 Å². The van der Waals surface area contributed by atoms with Gasteiger partial charge in [-0.3, -0.25) is 0 Å². The molecule has 2 heteroatoms. The monoisotopic (exact) mass is 127 g/mol.